The molecule has 0 aromatic carbocycles. The molecule has 14 heavy (non-hydrogen) atoms. The van der Waals surface area contributed by atoms with E-state index < -0.39 is 5.97 Å². The van der Waals surface area contributed by atoms with E-state index >= 15 is 0 Å². The van der Waals surface area contributed by atoms with Crippen LogP contribution in [0.2, 0.25) is 0 Å². The number of carboxylic acids is 1. The molecule has 2 N–H and O–H groups in total. The number of nitrogens with one attached hydrogen (secondary N) is 1. The van der Waals surface area contributed by atoms with Crippen LogP contribution in [0.15, 0.2) is 11.3 Å². The zero-order valence-corrected chi connectivity index (χ0v) is 8.41. The lowest BCUT2D eigenvalue weighted by Gasteiger charge is -2.15. The highest BCUT2D eigenvalue weighted by Crippen LogP contribution is 2.28. The number of hydrogen-bond donors (Lipinski definition) is 2. The van der Waals surface area contributed by atoms with Crippen LogP contribution in [0.4, 0.5) is 0 Å². The van der Waals surface area contributed by atoms with Crippen molar-refractivity contribution in [3.8, 4) is 0 Å². The summed E-state index contributed by atoms with van der Waals surface area (Å²) < 4.78 is 0. The highest BCUT2D eigenvalue weighted by Gasteiger charge is 2.28. The fraction of sp³-hybridized carbons (Fsp3) is 0.600. The van der Waals surface area contributed by atoms with Gasteiger partial charge >= 0.3 is 5.97 Å². The SMILES string of the molecule is CC1=C(C=O)NC(C)C1CCC(=O)O. The second-order valence-corrected chi connectivity index (χ2v) is 3.69. The molecule has 4 heteroatoms. The van der Waals surface area contributed by atoms with Gasteiger partial charge in [0.05, 0.1) is 5.70 Å². The number of allylic oxidation sites excluding steroid dienone is 1. The summed E-state index contributed by atoms with van der Waals surface area (Å²) in [5.74, 6) is -0.615. The monoisotopic (exact) mass is 197 g/mol. The smallest absolute Gasteiger partial charge is 0.303 e. The van der Waals surface area contributed by atoms with E-state index in [9.17, 15) is 9.59 Å². The van der Waals surface area contributed by atoms with Crippen LogP contribution in [-0.4, -0.2) is 23.4 Å². The molecule has 0 saturated heterocycles. The zero-order chi connectivity index (χ0) is 10.7. The van der Waals surface area contributed by atoms with Gasteiger partial charge in [-0.05, 0) is 25.8 Å². The van der Waals surface area contributed by atoms with E-state index in [0.29, 0.717) is 12.1 Å². The number of hydrogen-bond acceptors (Lipinski definition) is 3. The van der Waals surface area contributed by atoms with Crippen LogP contribution in [0.5, 0.6) is 0 Å². The predicted molar refractivity (Wildman–Crippen MR) is 51.7 cm³/mol. The third-order valence-electron chi connectivity index (χ3n) is 2.75. The van der Waals surface area contributed by atoms with E-state index in [-0.39, 0.29) is 18.4 Å². The van der Waals surface area contributed by atoms with Crippen molar-refractivity contribution >= 4 is 12.3 Å². The van der Waals surface area contributed by atoms with E-state index in [2.05, 4.69) is 5.32 Å². The summed E-state index contributed by atoms with van der Waals surface area (Å²) in [7, 11) is 0. The number of carboxylic acid groups (broad SMARTS) is 1. The fourth-order valence-electron chi connectivity index (χ4n) is 1.91. The summed E-state index contributed by atoms with van der Waals surface area (Å²) in [6.45, 7) is 3.85. The minimum Gasteiger partial charge on any atom is -0.481 e. The Bertz CT molecular complexity index is 283. The van der Waals surface area contributed by atoms with E-state index in [1.54, 1.807) is 0 Å². The maximum atomic E-state index is 10.6. The van der Waals surface area contributed by atoms with Crippen molar-refractivity contribution in [2.75, 3.05) is 0 Å². The molecule has 0 aromatic heterocycles. The molecule has 0 bridgehead atoms. The fourth-order valence-corrected chi connectivity index (χ4v) is 1.91. The van der Waals surface area contributed by atoms with E-state index in [0.717, 1.165) is 11.9 Å². The first-order chi connectivity index (χ1) is 6.56. The maximum absolute atomic E-state index is 10.6. The molecular weight excluding hydrogens is 182 g/mol. The predicted octanol–water partition coefficient (Wildman–Crippen LogP) is 0.932. The Morgan fingerprint density at radius 1 is 1.64 bits per heavy atom. The summed E-state index contributed by atoms with van der Waals surface area (Å²) in [5, 5.41) is 11.6. The van der Waals surface area contributed by atoms with Crippen molar-refractivity contribution < 1.29 is 14.7 Å². The van der Waals surface area contributed by atoms with Crippen molar-refractivity contribution in [3.63, 3.8) is 0 Å². The first-order valence-electron chi connectivity index (χ1n) is 4.70. The molecule has 2 unspecified atom stereocenters. The number of carbonyl (C=O) groups excluding carboxylic acids is 1. The van der Waals surface area contributed by atoms with Crippen LogP contribution in [0, 0.1) is 5.92 Å². The second kappa shape index (κ2) is 4.26. The second-order valence-electron chi connectivity index (χ2n) is 3.69. The summed E-state index contributed by atoms with van der Waals surface area (Å²) in [4.78, 5) is 21.0. The molecule has 1 rings (SSSR count). The zero-order valence-electron chi connectivity index (χ0n) is 8.41. The lowest BCUT2D eigenvalue weighted by molar-refractivity contribution is -0.137. The Labute approximate surface area is 83.0 Å². The molecule has 1 heterocycles. The molecule has 0 aliphatic carbocycles. The van der Waals surface area contributed by atoms with Gasteiger partial charge in [0.25, 0.3) is 0 Å². The van der Waals surface area contributed by atoms with E-state index in [4.69, 9.17) is 5.11 Å². The van der Waals surface area contributed by atoms with Gasteiger partial charge in [-0.1, -0.05) is 0 Å². The van der Waals surface area contributed by atoms with Crippen LogP contribution >= 0.6 is 0 Å². The molecule has 0 amide bonds. The minimum absolute atomic E-state index is 0.153. The first kappa shape index (κ1) is 10.8. The van der Waals surface area contributed by atoms with Crippen molar-refractivity contribution in [3.05, 3.63) is 11.3 Å². The summed E-state index contributed by atoms with van der Waals surface area (Å²) in [5.41, 5.74) is 1.60. The maximum Gasteiger partial charge on any atom is 0.303 e. The molecule has 4 nitrogen and oxygen atoms in total. The third kappa shape index (κ3) is 2.13. The molecule has 0 spiro atoms. The van der Waals surface area contributed by atoms with Crippen molar-refractivity contribution in [1.82, 2.24) is 5.32 Å². The summed E-state index contributed by atoms with van der Waals surface area (Å²) in [6, 6.07) is 0.162. The minimum atomic E-state index is -0.787. The molecule has 0 fully saturated rings. The lowest BCUT2D eigenvalue weighted by atomic mass is 9.91. The Kier molecular flexibility index (Phi) is 3.28. The molecule has 0 saturated carbocycles. The molecule has 0 aromatic rings. The Morgan fingerprint density at radius 3 is 2.71 bits per heavy atom. The quantitative estimate of drug-likeness (QED) is 0.658. The van der Waals surface area contributed by atoms with Crippen LogP contribution in [0.25, 0.3) is 0 Å². The topological polar surface area (TPSA) is 66.4 Å². The van der Waals surface area contributed by atoms with Gasteiger partial charge in [-0.15, -0.1) is 0 Å². The Morgan fingerprint density at radius 2 is 2.29 bits per heavy atom. The van der Waals surface area contributed by atoms with E-state index in [1.165, 1.54) is 0 Å². The molecule has 0 radical (unpaired) electrons. The number of aldehydes is 1. The normalized spacial score (nSPS) is 26.1. The van der Waals surface area contributed by atoms with Crippen molar-refractivity contribution in [2.45, 2.75) is 32.7 Å². The van der Waals surface area contributed by atoms with Crippen molar-refractivity contribution in [1.29, 1.82) is 0 Å². The molecule has 1 aliphatic heterocycles. The Hall–Kier alpha value is -1.32. The van der Waals surface area contributed by atoms with Gasteiger partial charge in [0, 0.05) is 18.4 Å². The summed E-state index contributed by atoms with van der Waals surface area (Å²) in [6.07, 6.45) is 1.54. The van der Waals surface area contributed by atoms with Crippen LogP contribution in [-0.2, 0) is 9.59 Å². The summed E-state index contributed by atoms with van der Waals surface area (Å²) >= 11 is 0. The molecular formula is C10H15NO3. The van der Waals surface area contributed by atoms with Crippen molar-refractivity contribution in [2.24, 2.45) is 5.92 Å². The average molecular weight is 197 g/mol. The van der Waals surface area contributed by atoms with E-state index in [1.807, 2.05) is 13.8 Å². The highest BCUT2D eigenvalue weighted by molar-refractivity contribution is 5.75. The van der Waals surface area contributed by atoms with Gasteiger partial charge < -0.3 is 10.4 Å². The van der Waals surface area contributed by atoms with Gasteiger partial charge in [-0.2, -0.15) is 0 Å². The van der Waals surface area contributed by atoms with Gasteiger partial charge in [-0.25, -0.2) is 0 Å². The molecule has 2 atom stereocenters. The molecule has 78 valence electrons. The highest BCUT2D eigenvalue weighted by atomic mass is 16.4. The average Bonchev–Trinajstić information content (AvgIpc) is 2.39. The largest absolute Gasteiger partial charge is 0.481 e. The first-order valence-corrected chi connectivity index (χ1v) is 4.70. The standard InChI is InChI=1S/C10H15NO3/c1-6-8(3-4-10(13)14)7(2)11-9(6)5-12/h5,7-8,11H,3-4H2,1-2H3,(H,13,14). The number of aliphatic carboxylic acids is 1. The van der Waals surface area contributed by atoms with Gasteiger partial charge in [-0.3, -0.25) is 9.59 Å². The van der Waals surface area contributed by atoms with Gasteiger partial charge in [0.2, 0.25) is 0 Å². The number of carbonyl (C=O) groups is 2. The molecule has 1 aliphatic rings. The van der Waals surface area contributed by atoms with Crippen LogP contribution in [0.1, 0.15) is 26.7 Å². The van der Waals surface area contributed by atoms with Gasteiger partial charge in [0.1, 0.15) is 0 Å². The van der Waals surface area contributed by atoms with Crippen LogP contribution < -0.4 is 5.32 Å². The lowest BCUT2D eigenvalue weighted by Crippen LogP contribution is -2.25. The number of rotatable bonds is 4. The van der Waals surface area contributed by atoms with Gasteiger partial charge in [0.15, 0.2) is 6.29 Å². The Balaban J connectivity index is 2.64. The van der Waals surface area contributed by atoms with Crippen LogP contribution in [0.3, 0.4) is 0 Å². The third-order valence-corrected chi connectivity index (χ3v) is 2.75.